The van der Waals surface area contributed by atoms with Crippen LogP contribution in [0.2, 0.25) is 0 Å². The summed E-state index contributed by atoms with van der Waals surface area (Å²) in [5.41, 5.74) is 2.02. The number of nitrogens with one attached hydrogen (secondary N) is 1. The number of Topliss-reactive ketones (excluding diaryl/α,β-unsaturated/α-hetero) is 1. The van der Waals surface area contributed by atoms with Crippen LogP contribution in [0.3, 0.4) is 0 Å². The molecule has 30 heavy (non-hydrogen) atoms. The second kappa shape index (κ2) is 8.98. The number of anilines is 1. The second-order valence-corrected chi connectivity index (χ2v) is 7.46. The Hall–Kier alpha value is -3.35. The van der Waals surface area contributed by atoms with Crippen LogP contribution in [0.4, 0.5) is 10.1 Å². The predicted octanol–water partition coefficient (Wildman–Crippen LogP) is 4.41. The molecule has 3 aromatic rings. The fourth-order valence-electron chi connectivity index (χ4n) is 3.63. The zero-order valence-corrected chi connectivity index (χ0v) is 16.6. The minimum atomic E-state index is -0.394. The van der Waals surface area contributed by atoms with Gasteiger partial charge in [-0.15, -0.1) is 10.2 Å². The van der Waals surface area contributed by atoms with Crippen LogP contribution in [-0.2, 0) is 17.8 Å². The van der Waals surface area contributed by atoms with Crippen molar-refractivity contribution in [1.82, 2.24) is 14.8 Å². The Morgan fingerprint density at radius 1 is 0.933 bits per heavy atom. The number of carbonyl (C=O) groups is 2. The molecule has 1 N–H and O–H groups in total. The van der Waals surface area contributed by atoms with Crippen molar-refractivity contribution in [2.24, 2.45) is 0 Å². The summed E-state index contributed by atoms with van der Waals surface area (Å²) >= 11 is 0. The largest absolute Gasteiger partial charge is 0.326 e. The summed E-state index contributed by atoms with van der Waals surface area (Å²) in [7, 11) is 0. The third kappa shape index (κ3) is 4.62. The van der Waals surface area contributed by atoms with Crippen LogP contribution in [-0.4, -0.2) is 26.5 Å². The van der Waals surface area contributed by atoms with Gasteiger partial charge in [-0.3, -0.25) is 9.59 Å². The van der Waals surface area contributed by atoms with Crippen molar-refractivity contribution in [1.29, 1.82) is 0 Å². The maximum atomic E-state index is 12.9. The molecule has 2 aromatic carbocycles. The molecule has 2 heterocycles. The zero-order chi connectivity index (χ0) is 20.9. The van der Waals surface area contributed by atoms with E-state index in [1.54, 1.807) is 0 Å². The van der Waals surface area contributed by atoms with E-state index in [0.29, 0.717) is 11.3 Å². The number of rotatable bonds is 6. The number of carbonyl (C=O) groups excluding carboxylic acids is 2. The van der Waals surface area contributed by atoms with Gasteiger partial charge in [0.15, 0.2) is 11.6 Å². The Morgan fingerprint density at radius 2 is 1.70 bits per heavy atom. The molecular formula is C23H23FN4O2. The number of hydrogen-bond acceptors (Lipinski definition) is 4. The molecule has 0 saturated carbocycles. The van der Waals surface area contributed by atoms with Gasteiger partial charge in [-0.25, -0.2) is 4.39 Å². The number of benzene rings is 2. The van der Waals surface area contributed by atoms with Crippen LogP contribution >= 0.6 is 0 Å². The van der Waals surface area contributed by atoms with Gasteiger partial charge in [0, 0.05) is 42.6 Å². The standard InChI is InChI=1S/C23H23FN4O2/c24-18-9-5-16(6-10-18)20(29)13-14-22(30)25-19-11-7-17(8-12-19)23-27-26-21-4-2-1-3-15-28(21)23/h5-12H,1-4,13-15H2,(H,25,30). The van der Waals surface area contributed by atoms with Crippen LogP contribution < -0.4 is 5.32 Å². The molecule has 0 unspecified atom stereocenters. The Kier molecular flexibility index (Phi) is 5.97. The number of ketones is 1. The van der Waals surface area contributed by atoms with Gasteiger partial charge in [-0.1, -0.05) is 6.42 Å². The molecule has 0 saturated heterocycles. The first-order chi connectivity index (χ1) is 14.6. The highest BCUT2D eigenvalue weighted by Gasteiger charge is 2.16. The van der Waals surface area contributed by atoms with E-state index in [1.165, 1.54) is 30.7 Å². The Balaban J connectivity index is 1.34. The summed E-state index contributed by atoms with van der Waals surface area (Å²) in [6, 6.07) is 12.8. The summed E-state index contributed by atoms with van der Waals surface area (Å²) in [5.74, 6) is 1.07. The van der Waals surface area contributed by atoms with Gasteiger partial charge in [0.2, 0.25) is 5.91 Å². The third-order valence-corrected chi connectivity index (χ3v) is 5.28. The number of halogens is 1. The average Bonchev–Trinajstić information content (AvgIpc) is 3.01. The molecule has 0 bridgehead atoms. The molecule has 0 spiro atoms. The van der Waals surface area contributed by atoms with Gasteiger partial charge in [0.1, 0.15) is 11.6 Å². The van der Waals surface area contributed by atoms with E-state index in [1.807, 2.05) is 24.3 Å². The van der Waals surface area contributed by atoms with Crippen molar-refractivity contribution in [2.45, 2.75) is 45.1 Å². The minimum absolute atomic E-state index is 0.0651. The smallest absolute Gasteiger partial charge is 0.224 e. The molecule has 154 valence electrons. The first kappa shape index (κ1) is 19.9. The lowest BCUT2D eigenvalue weighted by Gasteiger charge is -2.09. The van der Waals surface area contributed by atoms with Crippen LogP contribution in [0.15, 0.2) is 48.5 Å². The number of fused-ring (bicyclic) bond motifs is 1. The van der Waals surface area contributed by atoms with E-state index in [2.05, 4.69) is 20.1 Å². The van der Waals surface area contributed by atoms with E-state index in [-0.39, 0.29) is 24.5 Å². The normalized spacial score (nSPS) is 13.4. The van der Waals surface area contributed by atoms with Gasteiger partial charge in [-0.2, -0.15) is 0 Å². The van der Waals surface area contributed by atoms with Gasteiger partial charge in [-0.05, 0) is 61.4 Å². The molecule has 0 radical (unpaired) electrons. The van der Waals surface area contributed by atoms with Crippen LogP contribution in [0.25, 0.3) is 11.4 Å². The summed E-state index contributed by atoms with van der Waals surface area (Å²) in [5, 5.41) is 11.5. The van der Waals surface area contributed by atoms with Gasteiger partial charge >= 0.3 is 0 Å². The molecule has 6 nitrogen and oxygen atoms in total. The average molecular weight is 406 g/mol. The maximum absolute atomic E-state index is 12.9. The third-order valence-electron chi connectivity index (χ3n) is 5.28. The van der Waals surface area contributed by atoms with Crippen molar-refractivity contribution in [3.05, 3.63) is 65.7 Å². The Bertz CT molecular complexity index is 1040. The fourth-order valence-corrected chi connectivity index (χ4v) is 3.63. The Labute approximate surface area is 174 Å². The first-order valence-corrected chi connectivity index (χ1v) is 10.2. The fraction of sp³-hybridized carbons (Fsp3) is 0.304. The SMILES string of the molecule is O=C(CCC(=O)c1ccc(F)cc1)Nc1ccc(-c2nnc3n2CCCCC3)cc1. The molecule has 1 aliphatic heterocycles. The first-order valence-electron chi connectivity index (χ1n) is 10.2. The van der Waals surface area contributed by atoms with Crippen molar-refractivity contribution in [3.8, 4) is 11.4 Å². The summed E-state index contributed by atoms with van der Waals surface area (Å²) in [6.07, 6.45) is 4.57. The monoisotopic (exact) mass is 406 g/mol. The van der Waals surface area contributed by atoms with Gasteiger partial charge in [0.25, 0.3) is 0 Å². The molecule has 0 fully saturated rings. The molecule has 1 aromatic heterocycles. The summed E-state index contributed by atoms with van der Waals surface area (Å²) in [4.78, 5) is 24.3. The second-order valence-electron chi connectivity index (χ2n) is 7.46. The van der Waals surface area contributed by atoms with Crippen LogP contribution in [0.5, 0.6) is 0 Å². The summed E-state index contributed by atoms with van der Waals surface area (Å²) < 4.78 is 15.1. The van der Waals surface area contributed by atoms with Crippen molar-refractivity contribution >= 4 is 17.4 Å². The van der Waals surface area contributed by atoms with Crippen LogP contribution in [0, 0.1) is 5.82 Å². The molecule has 0 atom stereocenters. The number of hydrogen-bond donors (Lipinski definition) is 1. The molecule has 4 rings (SSSR count). The number of aryl methyl sites for hydroxylation is 1. The lowest BCUT2D eigenvalue weighted by Crippen LogP contribution is -2.13. The highest BCUT2D eigenvalue weighted by Crippen LogP contribution is 2.24. The number of aromatic nitrogens is 3. The lowest BCUT2D eigenvalue weighted by atomic mass is 10.1. The number of amides is 1. The van der Waals surface area contributed by atoms with Crippen LogP contribution in [0.1, 0.15) is 48.3 Å². The maximum Gasteiger partial charge on any atom is 0.224 e. The molecular weight excluding hydrogens is 383 g/mol. The molecule has 1 aliphatic rings. The Morgan fingerprint density at radius 3 is 2.47 bits per heavy atom. The highest BCUT2D eigenvalue weighted by molar-refractivity contribution is 6.00. The van der Waals surface area contributed by atoms with E-state index >= 15 is 0 Å². The highest BCUT2D eigenvalue weighted by atomic mass is 19.1. The van der Waals surface area contributed by atoms with Gasteiger partial charge in [0.05, 0.1) is 0 Å². The minimum Gasteiger partial charge on any atom is -0.326 e. The predicted molar refractivity (Wildman–Crippen MR) is 112 cm³/mol. The van der Waals surface area contributed by atoms with Crippen molar-refractivity contribution in [3.63, 3.8) is 0 Å². The quantitative estimate of drug-likeness (QED) is 0.615. The molecule has 7 heteroatoms. The van der Waals surface area contributed by atoms with E-state index in [0.717, 1.165) is 43.0 Å². The van der Waals surface area contributed by atoms with E-state index in [9.17, 15) is 14.0 Å². The summed E-state index contributed by atoms with van der Waals surface area (Å²) in [6.45, 7) is 0.929. The van der Waals surface area contributed by atoms with E-state index in [4.69, 9.17) is 0 Å². The molecule has 1 amide bonds. The topological polar surface area (TPSA) is 76.9 Å². The number of nitrogens with zero attached hydrogens (tertiary/aromatic N) is 3. The van der Waals surface area contributed by atoms with Crippen molar-refractivity contribution < 1.29 is 14.0 Å². The van der Waals surface area contributed by atoms with E-state index < -0.39 is 5.82 Å². The zero-order valence-electron chi connectivity index (χ0n) is 16.6. The van der Waals surface area contributed by atoms with Gasteiger partial charge < -0.3 is 9.88 Å². The molecule has 0 aliphatic carbocycles. The lowest BCUT2D eigenvalue weighted by molar-refractivity contribution is -0.116. The van der Waals surface area contributed by atoms with Crippen molar-refractivity contribution in [2.75, 3.05) is 5.32 Å².